The molecule has 2 heterocycles. The van der Waals surface area contributed by atoms with Crippen LogP contribution in [-0.2, 0) is 13.4 Å². The van der Waals surface area contributed by atoms with Crippen LogP contribution in [0.25, 0.3) is 0 Å². The van der Waals surface area contributed by atoms with Gasteiger partial charge in [-0.15, -0.1) is 0 Å². The molecule has 0 aliphatic carbocycles. The van der Waals surface area contributed by atoms with Gasteiger partial charge in [-0.1, -0.05) is 0 Å². The van der Waals surface area contributed by atoms with Crippen molar-refractivity contribution >= 4 is 50.5 Å². The zero-order chi connectivity index (χ0) is 24.1. The minimum absolute atomic E-state index is 0.0385. The van der Waals surface area contributed by atoms with E-state index in [1.54, 1.807) is 12.1 Å². The highest BCUT2D eigenvalue weighted by atomic mass is 31.3. The molecule has 1 aromatic heterocycles. The first-order valence-corrected chi connectivity index (χ1v) is 11.4. The summed E-state index contributed by atoms with van der Waals surface area (Å²) < 4.78 is 22.2. The number of nitrogens with two attached hydrogens (primary N) is 1. The van der Waals surface area contributed by atoms with Crippen molar-refractivity contribution in [2.75, 3.05) is 29.5 Å². The Balaban J connectivity index is 0.000000344. The van der Waals surface area contributed by atoms with E-state index >= 15 is 0 Å². The minimum Gasteiger partial charge on any atom is -0.478 e. The van der Waals surface area contributed by atoms with Crippen molar-refractivity contribution in [2.24, 2.45) is 4.99 Å². The number of aliphatic imine (C=N–C) groups is 1. The van der Waals surface area contributed by atoms with Crippen LogP contribution in [0.3, 0.4) is 0 Å². The molecular weight excluding hydrogens is 474 g/mol. The summed E-state index contributed by atoms with van der Waals surface area (Å²) in [5.41, 5.74) is 6.97. The lowest BCUT2D eigenvalue weighted by atomic mass is 10.2. The molecule has 0 atom stereocenters. The molecule has 0 fully saturated rings. The smallest absolute Gasteiger partial charge is 0.478 e. The molecule has 0 unspecified atom stereocenters. The number of fused-ring (bicyclic) bond motifs is 1. The Bertz CT molecular complexity index is 1150. The maximum Gasteiger partial charge on any atom is 0.478 e. The topological polar surface area (TPSA) is 270 Å². The predicted molar refractivity (Wildman–Crippen MR) is 112 cm³/mol. The Morgan fingerprint density at radius 2 is 1.75 bits per heavy atom. The SMILES string of the molecule is Nc1nc2c(c(=O)[nH]1)N=C(CNc1ccc(C(=O)O)cc1)CN2.O=P(O)(O)OP(=O)(O)O. The fourth-order valence-corrected chi connectivity index (χ4v) is 3.38. The average Bonchev–Trinajstić information content (AvgIpc) is 2.64. The van der Waals surface area contributed by atoms with E-state index in [0.717, 1.165) is 11.4 Å². The molecule has 2 aromatic rings. The van der Waals surface area contributed by atoms with Gasteiger partial charge in [0.15, 0.2) is 11.5 Å². The van der Waals surface area contributed by atoms with Gasteiger partial charge in [0.25, 0.3) is 5.56 Å². The number of nitrogens with one attached hydrogen (secondary N) is 3. The summed E-state index contributed by atoms with van der Waals surface area (Å²) in [7, 11) is -10.1. The van der Waals surface area contributed by atoms with Crippen molar-refractivity contribution in [1.29, 1.82) is 0 Å². The quantitative estimate of drug-likeness (QED) is 0.237. The number of anilines is 3. The molecule has 0 bridgehead atoms. The highest BCUT2D eigenvalue weighted by Crippen LogP contribution is 2.53. The number of rotatable bonds is 6. The van der Waals surface area contributed by atoms with Gasteiger partial charge >= 0.3 is 21.6 Å². The van der Waals surface area contributed by atoms with Crippen LogP contribution < -0.4 is 21.9 Å². The number of nitrogen functional groups attached to an aromatic ring is 1. The van der Waals surface area contributed by atoms with E-state index in [0.29, 0.717) is 18.9 Å². The lowest BCUT2D eigenvalue weighted by Crippen LogP contribution is -2.28. The molecule has 0 saturated carbocycles. The van der Waals surface area contributed by atoms with Crippen LogP contribution >= 0.6 is 15.6 Å². The summed E-state index contributed by atoms with van der Waals surface area (Å²) in [4.78, 5) is 64.3. The van der Waals surface area contributed by atoms with Crippen LogP contribution in [-0.4, -0.2) is 59.4 Å². The number of hydrogen-bond donors (Lipinski definition) is 9. The fourth-order valence-electron chi connectivity index (χ4n) is 2.27. The Kier molecular flexibility index (Phi) is 7.87. The molecule has 0 spiro atoms. The zero-order valence-corrected chi connectivity index (χ0v) is 17.7. The lowest BCUT2D eigenvalue weighted by Gasteiger charge is -2.17. The van der Waals surface area contributed by atoms with Crippen LogP contribution in [0.5, 0.6) is 0 Å². The van der Waals surface area contributed by atoms with E-state index in [-0.39, 0.29) is 17.2 Å². The summed E-state index contributed by atoms with van der Waals surface area (Å²) in [5.74, 6) is -0.572. The average molecular weight is 492 g/mol. The Hall–Kier alpha value is -3.10. The third-order valence-electron chi connectivity index (χ3n) is 3.48. The van der Waals surface area contributed by atoms with Crippen LogP contribution in [0.1, 0.15) is 10.4 Å². The monoisotopic (exact) mass is 492 g/mol. The number of carboxylic acids is 1. The molecule has 174 valence electrons. The number of H-pyrrole nitrogens is 1. The van der Waals surface area contributed by atoms with Crippen molar-refractivity contribution in [1.82, 2.24) is 9.97 Å². The van der Waals surface area contributed by atoms with Gasteiger partial charge in [0.05, 0.1) is 24.4 Å². The molecule has 1 aliphatic rings. The molecule has 1 aromatic carbocycles. The van der Waals surface area contributed by atoms with E-state index in [1.807, 2.05) is 0 Å². The molecule has 1 aliphatic heterocycles. The number of phosphoric acid groups is 2. The second-order valence-corrected chi connectivity index (χ2v) is 8.59. The summed E-state index contributed by atoms with van der Waals surface area (Å²) in [6.07, 6.45) is 0. The first-order valence-electron chi connectivity index (χ1n) is 8.33. The molecule has 32 heavy (non-hydrogen) atoms. The molecule has 16 nitrogen and oxygen atoms in total. The molecule has 0 amide bonds. The Morgan fingerprint density at radius 1 is 1.16 bits per heavy atom. The molecule has 18 heteroatoms. The number of hydrogen-bond acceptors (Lipinski definition) is 10. The van der Waals surface area contributed by atoms with E-state index < -0.39 is 27.2 Å². The lowest BCUT2D eigenvalue weighted by molar-refractivity contribution is 0.0696. The van der Waals surface area contributed by atoms with Crippen molar-refractivity contribution in [3.63, 3.8) is 0 Å². The first-order chi connectivity index (χ1) is 14.7. The van der Waals surface area contributed by atoms with E-state index in [9.17, 15) is 18.7 Å². The standard InChI is InChI=1S/C14H14N6O3.H4O7P2/c15-14-19-11-10(12(21)20-14)18-9(6-17-11)5-16-8-3-1-7(2-4-8)13(22)23;1-8(2,3)7-9(4,5)6/h1-4,16H,5-6H2,(H,22,23)(H4,15,17,19,20,21);(H2,1,2,3)(H2,4,5,6). The van der Waals surface area contributed by atoms with Crippen molar-refractivity contribution in [3.8, 4) is 0 Å². The number of carboxylic acid groups (broad SMARTS) is 1. The number of carbonyl (C=O) groups is 1. The zero-order valence-electron chi connectivity index (χ0n) is 15.9. The normalized spacial score (nSPS) is 13.1. The molecule has 3 rings (SSSR count). The second-order valence-electron chi connectivity index (χ2n) is 5.98. The summed E-state index contributed by atoms with van der Waals surface area (Å²) in [5, 5.41) is 15.0. The van der Waals surface area contributed by atoms with Crippen LogP contribution in [0.4, 0.5) is 23.1 Å². The van der Waals surface area contributed by atoms with Gasteiger partial charge in [-0.2, -0.15) is 9.29 Å². The molecular formula is C14H18N6O10P2. The predicted octanol–water partition coefficient (Wildman–Crippen LogP) is -0.151. The van der Waals surface area contributed by atoms with E-state index in [1.165, 1.54) is 12.1 Å². The van der Waals surface area contributed by atoms with Gasteiger partial charge in [-0.05, 0) is 24.3 Å². The maximum atomic E-state index is 11.8. The van der Waals surface area contributed by atoms with Gasteiger partial charge < -0.3 is 41.0 Å². The Labute approximate surface area is 178 Å². The molecule has 10 N–H and O–H groups in total. The van der Waals surface area contributed by atoms with E-state index in [2.05, 4.69) is 29.9 Å². The number of aromatic nitrogens is 2. The van der Waals surface area contributed by atoms with E-state index in [4.69, 9.17) is 30.4 Å². The highest BCUT2D eigenvalue weighted by Gasteiger charge is 2.28. The van der Waals surface area contributed by atoms with Crippen molar-refractivity contribution in [2.45, 2.75) is 0 Å². The molecule has 0 radical (unpaired) electrons. The summed E-state index contributed by atoms with van der Waals surface area (Å²) in [6.45, 7) is 0.839. The third kappa shape index (κ3) is 8.20. The highest BCUT2D eigenvalue weighted by molar-refractivity contribution is 7.60. The maximum absolute atomic E-state index is 11.8. The van der Waals surface area contributed by atoms with Gasteiger partial charge in [-0.25, -0.2) is 18.9 Å². The first kappa shape index (κ1) is 25.2. The number of aromatic carboxylic acids is 1. The van der Waals surface area contributed by atoms with Crippen molar-refractivity contribution < 1.29 is 42.9 Å². The van der Waals surface area contributed by atoms with Gasteiger partial charge in [-0.3, -0.25) is 9.78 Å². The second kappa shape index (κ2) is 10.0. The Morgan fingerprint density at radius 3 is 2.25 bits per heavy atom. The van der Waals surface area contributed by atoms with Crippen LogP contribution in [0.15, 0.2) is 34.1 Å². The third-order valence-corrected chi connectivity index (χ3v) is 5.19. The van der Waals surface area contributed by atoms with Crippen LogP contribution in [0, 0.1) is 0 Å². The molecule has 0 saturated heterocycles. The number of nitrogens with zero attached hydrogens (tertiary/aromatic N) is 2. The van der Waals surface area contributed by atoms with Gasteiger partial charge in [0, 0.05) is 5.69 Å². The van der Waals surface area contributed by atoms with Crippen LogP contribution in [0.2, 0.25) is 0 Å². The van der Waals surface area contributed by atoms with Gasteiger partial charge in [0.2, 0.25) is 5.95 Å². The number of aromatic amines is 1. The van der Waals surface area contributed by atoms with Gasteiger partial charge in [0.1, 0.15) is 0 Å². The largest absolute Gasteiger partial charge is 0.478 e. The number of benzene rings is 1. The fraction of sp³-hybridized carbons (Fsp3) is 0.143. The van der Waals surface area contributed by atoms with Crippen molar-refractivity contribution in [3.05, 3.63) is 40.2 Å². The summed E-state index contributed by atoms with van der Waals surface area (Å²) >= 11 is 0. The summed E-state index contributed by atoms with van der Waals surface area (Å²) in [6, 6.07) is 6.36. The minimum atomic E-state index is -5.05.